The number of alkyl halides is 1. The van der Waals surface area contributed by atoms with Crippen LogP contribution in [0.15, 0.2) is 6.20 Å². The van der Waals surface area contributed by atoms with Gasteiger partial charge in [0.1, 0.15) is 6.67 Å². The second kappa shape index (κ2) is 5.13. The van der Waals surface area contributed by atoms with Gasteiger partial charge in [0.05, 0.1) is 12.7 Å². The van der Waals surface area contributed by atoms with Crippen LogP contribution in [-0.4, -0.2) is 46.9 Å². The molecule has 1 aromatic rings. The predicted molar refractivity (Wildman–Crippen MR) is 65.0 cm³/mol. The molecule has 0 amide bonds. The predicted octanol–water partition coefficient (Wildman–Crippen LogP) is 1.31. The molecule has 8 heteroatoms. The molecule has 96 valence electrons. The summed E-state index contributed by atoms with van der Waals surface area (Å²) in [6.45, 7) is 1.00. The van der Waals surface area contributed by atoms with E-state index in [0.29, 0.717) is 23.8 Å². The molecule has 1 aromatic heterocycles. The molecule has 1 aliphatic heterocycles. The van der Waals surface area contributed by atoms with Gasteiger partial charge in [-0.2, -0.15) is 9.37 Å². The lowest BCUT2D eigenvalue weighted by molar-refractivity contribution is 0.0847. The Balaban J connectivity index is 2.10. The average Bonchev–Trinajstić information content (AvgIpc) is 2.83. The molecule has 2 atom stereocenters. The van der Waals surface area contributed by atoms with Gasteiger partial charge < -0.3 is 10.3 Å². The SMILES string of the molecule is [O-][N+]1(c2ncc(F)s2)CN(CCCCl)CC1O. The van der Waals surface area contributed by atoms with E-state index in [0.717, 1.165) is 12.6 Å². The highest BCUT2D eigenvalue weighted by Gasteiger charge is 2.42. The number of rotatable bonds is 4. The van der Waals surface area contributed by atoms with E-state index < -0.39 is 16.0 Å². The maximum Gasteiger partial charge on any atom is 0.292 e. The molecule has 0 saturated carbocycles. The number of hydroxylamine groups is 2. The monoisotopic (exact) mass is 281 g/mol. The van der Waals surface area contributed by atoms with Crippen LogP contribution >= 0.6 is 22.9 Å². The van der Waals surface area contributed by atoms with Crippen molar-refractivity contribution in [1.82, 2.24) is 14.5 Å². The maximum atomic E-state index is 12.9. The Bertz CT molecular complexity index is 394. The van der Waals surface area contributed by atoms with E-state index in [4.69, 9.17) is 11.6 Å². The number of hydrogen-bond donors (Lipinski definition) is 1. The third-order valence-electron chi connectivity index (χ3n) is 2.71. The number of hydrogen-bond acceptors (Lipinski definition) is 5. The fraction of sp³-hybridized carbons (Fsp3) is 0.667. The molecular formula is C9H13ClFN3O2S. The number of quaternary nitrogens is 1. The summed E-state index contributed by atoms with van der Waals surface area (Å²) in [6, 6.07) is 0. The Morgan fingerprint density at radius 2 is 2.53 bits per heavy atom. The van der Waals surface area contributed by atoms with E-state index in [1.165, 1.54) is 0 Å². The van der Waals surface area contributed by atoms with Crippen molar-refractivity contribution >= 4 is 28.1 Å². The normalized spacial score (nSPS) is 30.0. The third-order valence-corrected chi connectivity index (χ3v) is 3.87. The van der Waals surface area contributed by atoms with Gasteiger partial charge >= 0.3 is 0 Å². The molecule has 0 radical (unpaired) electrons. The number of aliphatic hydroxyl groups excluding tert-OH is 1. The van der Waals surface area contributed by atoms with Gasteiger partial charge in [0, 0.05) is 12.4 Å². The quantitative estimate of drug-likeness (QED) is 0.514. The van der Waals surface area contributed by atoms with Crippen LogP contribution in [0.4, 0.5) is 9.52 Å². The summed E-state index contributed by atoms with van der Waals surface area (Å²) in [6.07, 6.45) is 0.642. The molecule has 17 heavy (non-hydrogen) atoms. The molecule has 1 N–H and O–H groups in total. The Morgan fingerprint density at radius 1 is 1.76 bits per heavy atom. The van der Waals surface area contributed by atoms with Crippen LogP contribution < -0.4 is 4.65 Å². The fourth-order valence-corrected chi connectivity index (χ4v) is 2.70. The van der Waals surface area contributed by atoms with Crippen molar-refractivity contribution in [2.45, 2.75) is 12.6 Å². The minimum atomic E-state index is -1.11. The van der Waals surface area contributed by atoms with E-state index in [1.54, 1.807) is 0 Å². The highest BCUT2D eigenvalue weighted by atomic mass is 35.5. The first-order valence-corrected chi connectivity index (χ1v) is 6.58. The molecule has 0 spiro atoms. The van der Waals surface area contributed by atoms with E-state index >= 15 is 0 Å². The maximum absolute atomic E-state index is 12.9. The van der Waals surface area contributed by atoms with Crippen molar-refractivity contribution in [3.63, 3.8) is 0 Å². The molecule has 5 nitrogen and oxygen atoms in total. The molecule has 1 fully saturated rings. The Kier molecular flexibility index (Phi) is 3.96. The summed E-state index contributed by atoms with van der Waals surface area (Å²) < 4.78 is 11.9. The van der Waals surface area contributed by atoms with Crippen LogP contribution in [0.3, 0.4) is 0 Å². The first-order valence-electron chi connectivity index (χ1n) is 5.23. The number of β-amino-alcohol motifs (C(OH)–C–C–N with tert-alkyl or cyclic N) is 1. The first-order chi connectivity index (χ1) is 8.06. The van der Waals surface area contributed by atoms with E-state index in [2.05, 4.69) is 4.98 Å². The summed E-state index contributed by atoms with van der Waals surface area (Å²) >= 11 is 6.26. The Labute approximate surface area is 107 Å². The minimum Gasteiger partial charge on any atom is -0.623 e. The largest absolute Gasteiger partial charge is 0.623 e. The van der Waals surface area contributed by atoms with Crippen LogP contribution in [0, 0.1) is 10.3 Å². The van der Waals surface area contributed by atoms with Crippen molar-refractivity contribution in [1.29, 1.82) is 0 Å². The Hall–Kier alpha value is -0.310. The van der Waals surface area contributed by atoms with Crippen molar-refractivity contribution in [3.8, 4) is 0 Å². The van der Waals surface area contributed by atoms with Crippen LogP contribution in [0.5, 0.6) is 0 Å². The van der Waals surface area contributed by atoms with Crippen molar-refractivity contribution in [2.75, 3.05) is 25.6 Å². The van der Waals surface area contributed by atoms with E-state index in [9.17, 15) is 14.7 Å². The molecule has 1 aliphatic rings. The van der Waals surface area contributed by atoms with Crippen molar-refractivity contribution in [3.05, 3.63) is 16.5 Å². The summed E-state index contributed by atoms with van der Waals surface area (Å²) in [5.74, 6) is 0.511. The van der Waals surface area contributed by atoms with Gasteiger partial charge in [-0.1, -0.05) is 0 Å². The summed E-state index contributed by atoms with van der Waals surface area (Å²) in [5, 5.41) is 21.8. The van der Waals surface area contributed by atoms with Gasteiger partial charge in [-0.25, -0.2) is 4.90 Å². The number of halogens is 2. The lowest BCUT2D eigenvalue weighted by atomic mass is 10.4. The molecule has 1 saturated heterocycles. The summed E-state index contributed by atoms with van der Waals surface area (Å²) in [7, 11) is 0. The van der Waals surface area contributed by atoms with Crippen LogP contribution in [0.2, 0.25) is 0 Å². The van der Waals surface area contributed by atoms with Gasteiger partial charge in [0.15, 0.2) is 0 Å². The number of thiazole rings is 1. The summed E-state index contributed by atoms with van der Waals surface area (Å²) in [5.41, 5.74) is 0. The molecule has 2 heterocycles. The first kappa shape index (κ1) is 13.1. The minimum absolute atomic E-state index is 0.0587. The zero-order valence-electron chi connectivity index (χ0n) is 9.05. The highest BCUT2D eigenvalue weighted by Crippen LogP contribution is 2.33. The van der Waals surface area contributed by atoms with E-state index in [1.807, 2.05) is 4.90 Å². The number of aliphatic hydroxyl groups is 1. The molecule has 2 rings (SSSR count). The molecule has 0 bridgehead atoms. The van der Waals surface area contributed by atoms with E-state index in [-0.39, 0.29) is 18.3 Å². The third kappa shape index (κ3) is 2.59. The molecule has 0 aliphatic carbocycles. The number of aromatic nitrogens is 1. The summed E-state index contributed by atoms with van der Waals surface area (Å²) in [4.78, 5) is 5.54. The highest BCUT2D eigenvalue weighted by molar-refractivity contribution is 7.13. The van der Waals surface area contributed by atoms with Crippen LogP contribution in [-0.2, 0) is 0 Å². The van der Waals surface area contributed by atoms with Crippen molar-refractivity contribution < 1.29 is 9.50 Å². The van der Waals surface area contributed by atoms with Gasteiger partial charge in [0.2, 0.25) is 11.4 Å². The molecule has 2 unspecified atom stereocenters. The molecule has 0 aromatic carbocycles. The van der Waals surface area contributed by atoms with Crippen molar-refractivity contribution in [2.24, 2.45) is 0 Å². The lowest BCUT2D eigenvalue weighted by Gasteiger charge is -2.37. The second-order valence-corrected chi connectivity index (χ2v) is 5.32. The van der Waals surface area contributed by atoms with Crippen LogP contribution in [0.1, 0.15) is 6.42 Å². The van der Waals surface area contributed by atoms with Crippen LogP contribution in [0.25, 0.3) is 0 Å². The van der Waals surface area contributed by atoms with Gasteiger partial charge in [-0.3, -0.25) is 4.65 Å². The van der Waals surface area contributed by atoms with Gasteiger partial charge in [-0.05, 0) is 17.8 Å². The second-order valence-electron chi connectivity index (χ2n) is 3.98. The lowest BCUT2D eigenvalue weighted by Crippen LogP contribution is -2.48. The van der Waals surface area contributed by atoms with Gasteiger partial charge in [-0.15, -0.1) is 11.6 Å². The number of nitrogens with zero attached hydrogens (tertiary/aromatic N) is 3. The topological polar surface area (TPSA) is 59.4 Å². The smallest absolute Gasteiger partial charge is 0.292 e. The van der Waals surface area contributed by atoms with Gasteiger partial charge in [0.25, 0.3) is 5.13 Å². The Morgan fingerprint density at radius 3 is 3.12 bits per heavy atom. The molecular weight excluding hydrogens is 269 g/mol. The zero-order chi connectivity index (χ0) is 12.5. The average molecular weight is 282 g/mol. The standard InChI is InChI=1S/C9H13ClFN3O2S/c10-2-1-3-13-5-8(15)14(16,6-13)9-12-4-7(11)17-9/h4,8,15H,1-3,5-6H2. The zero-order valence-corrected chi connectivity index (χ0v) is 10.6. The fourth-order valence-electron chi connectivity index (χ4n) is 1.87.